The highest BCUT2D eigenvalue weighted by Gasteiger charge is 2.44. The van der Waals surface area contributed by atoms with Crippen LogP contribution in [0.2, 0.25) is 0 Å². The largest absolute Gasteiger partial charge is 0.357 e. The molecule has 1 aromatic carbocycles. The molecule has 1 aliphatic carbocycles. The molecule has 2 N–H and O–H groups in total. The molecule has 0 atom stereocenters. The van der Waals surface area contributed by atoms with E-state index in [0.29, 0.717) is 6.54 Å². The number of rotatable bonds is 8. The van der Waals surface area contributed by atoms with Crippen molar-refractivity contribution in [1.29, 1.82) is 0 Å². The lowest BCUT2D eigenvalue weighted by atomic mass is 9.96. The summed E-state index contributed by atoms with van der Waals surface area (Å²) in [6.07, 6.45) is 6.87. The van der Waals surface area contributed by atoms with E-state index in [9.17, 15) is 4.39 Å². The molecule has 0 aliphatic heterocycles. The molecule has 1 fully saturated rings. The summed E-state index contributed by atoms with van der Waals surface area (Å²) >= 11 is 0. The number of hydrogen-bond acceptors (Lipinski definition) is 2. The Kier molecular flexibility index (Phi) is 7.86. The van der Waals surface area contributed by atoms with Gasteiger partial charge >= 0.3 is 0 Å². The summed E-state index contributed by atoms with van der Waals surface area (Å²) in [6, 6.07) is 8.87. The molecule has 1 heterocycles. The zero-order chi connectivity index (χ0) is 17.5. The lowest BCUT2D eigenvalue weighted by Gasteiger charge is -2.16. The van der Waals surface area contributed by atoms with Crippen molar-refractivity contribution in [2.24, 2.45) is 4.99 Å². The van der Waals surface area contributed by atoms with E-state index in [1.54, 1.807) is 18.3 Å². The predicted octanol–water partition coefficient (Wildman–Crippen LogP) is 3.32. The quantitative estimate of drug-likeness (QED) is 0.269. The van der Waals surface area contributed by atoms with E-state index in [2.05, 4.69) is 22.7 Å². The van der Waals surface area contributed by atoms with E-state index in [1.165, 1.54) is 6.07 Å². The Morgan fingerprint density at radius 3 is 2.81 bits per heavy atom. The smallest absolute Gasteiger partial charge is 0.191 e. The molecular weight excluding hydrogens is 444 g/mol. The van der Waals surface area contributed by atoms with E-state index in [4.69, 9.17) is 4.99 Å². The first-order chi connectivity index (χ1) is 12.2. The molecule has 0 saturated heterocycles. The van der Waals surface area contributed by atoms with Crippen molar-refractivity contribution in [2.75, 3.05) is 19.6 Å². The van der Waals surface area contributed by atoms with Gasteiger partial charge in [0.05, 0.1) is 6.54 Å². The molecule has 0 unspecified atom stereocenters. The fraction of sp³-hybridized carbons (Fsp3) is 0.474. The maximum atomic E-state index is 13.5. The lowest BCUT2D eigenvalue weighted by molar-refractivity contribution is 0.569. The predicted molar refractivity (Wildman–Crippen MR) is 114 cm³/mol. The van der Waals surface area contributed by atoms with Gasteiger partial charge in [0.15, 0.2) is 5.96 Å². The summed E-state index contributed by atoms with van der Waals surface area (Å²) in [4.78, 5) is 4.74. The summed E-state index contributed by atoms with van der Waals surface area (Å²) in [5.74, 6) is 0.655. The van der Waals surface area contributed by atoms with Crippen LogP contribution in [0.4, 0.5) is 4.39 Å². The van der Waals surface area contributed by atoms with Gasteiger partial charge in [0, 0.05) is 37.4 Å². The molecule has 0 bridgehead atoms. The minimum absolute atomic E-state index is 0. The third-order valence-electron chi connectivity index (χ3n) is 4.59. The zero-order valence-electron chi connectivity index (χ0n) is 15.1. The fourth-order valence-corrected chi connectivity index (χ4v) is 2.96. The molecule has 2 aromatic rings. The highest BCUT2D eigenvalue weighted by molar-refractivity contribution is 14.0. The van der Waals surface area contributed by atoms with Crippen LogP contribution in [0.25, 0.3) is 0 Å². The van der Waals surface area contributed by atoms with Gasteiger partial charge < -0.3 is 10.6 Å². The van der Waals surface area contributed by atoms with Crippen LogP contribution in [0.15, 0.2) is 47.7 Å². The Hall–Kier alpha value is -1.64. The second-order valence-electron chi connectivity index (χ2n) is 6.54. The van der Waals surface area contributed by atoms with Gasteiger partial charge in [0.1, 0.15) is 5.82 Å². The van der Waals surface area contributed by atoms with Crippen molar-refractivity contribution in [2.45, 2.75) is 38.1 Å². The normalized spacial score (nSPS) is 15.2. The van der Waals surface area contributed by atoms with Gasteiger partial charge in [-0.15, -0.1) is 24.0 Å². The summed E-state index contributed by atoms with van der Waals surface area (Å²) in [5.41, 5.74) is 1.07. The molecule has 0 spiro atoms. The van der Waals surface area contributed by atoms with Gasteiger partial charge in [-0.2, -0.15) is 5.10 Å². The van der Waals surface area contributed by atoms with Crippen LogP contribution in [-0.4, -0.2) is 35.4 Å². The molecule has 5 nitrogen and oxygen atoms in total. The van der Waals surface area contributed by atoms with Gasteiger partial charge in [-0.3, -0.25) is 9.67 Å². The van der Waals surface area contributed by atoms with Crippen LogP contribution in [0.5, 0.6) is 0 Å². The van der Waals surface area contributed by atoms with Gasteiger partial charge in [-0.25, -0.2) is 4.39 Å². The van der Waals surface area contributed by atoms with Crippen molar-refractivity contribution in [3.05, 3.63) is 54.1 Å². The van der Waals surface area contributed by atoms with Crippen LogP contribution >= 0.6 is 24.0 Å². The van der Waals surface area contributed by atoms with E-state index >= 15 is 0 Å². The SMILES string of the molecule is CCNC(=NCC1(c2cccc(F)c2)CC1)NCCCn1cccn1.I. The molecule has 1 saturated carbocycles. The number of aliphatic imine (C=N–C) groups is 1. The van der Waals surface area contributed by atoms with E-state index in [0.717, 1.165) is 50.4 Å². The average molecular weight is 471 g/mol. The van der Waals surface area contributed by atoms with Crippen LogP contribution in [0.1, 0.15) is 31.7 Å². The van der Waals surface area contributed by atoms with Crippen LogP contribution in [0.3, 0.4) is 0 Å². The second kappa shape index (κ2) is 9.89. The Morgan fingerprint density at radius 1 is 1.31 bits per heavy atom. The Balaban J connectivity index is 0.00000243. The van der Waals surface area contributed by atoms with Gasteiger partial charge in [-0.1, -0.05) is 12.1 Å². The van der Waals surface area contributed by atoms with Crippen molar-refractivity contribution in [3.63, 3.8) is 0 Å². The maximum Gasteiger partial charge on any atom is 0.191 e. The molecule has 0 radical (unpaired) electrons. The van der Waals surface area contributed by atoms with Crippen molar-refractivity contribution >= 4 is 29.9 Å². The number of aromatic nitrogens is 2. The Bertz CT molecular complexity index is 698. The van der Waals surface area contributed by atoms with Gasteiger partial charge in [0.2, 0.25) is 0 Å². The first kappa shape index (κ1) is 20.7. The summed E-state index contributed by atoms with van der Waals surface area (Å²) in [6.45, 7) is 5.27. The molecule has 1 aromatic heterocycles. The molecular formula is C19H27FIN5. The van der Waals surface area contributed by atoms with Crippen molar-refractivity contribution < 1.29 is 4.39 Å². The topological polar surface area (TPSA) is 54.2 Å². The van der Waals surface area contributed by atoms with E-state index < -0.39 is 0 Å². The standard InChI is InChI=1S/C19H26FN5.HI/c1-2-21-18(22-10-4-12-25-13-5-11-24-25)23-15-19(8-9-19)16-6-3-7-17(20)14-16;/h3,5-7,11,13-14H,2,4,8-10,12,15H2,1H3,(H2,21,22,23);1H. The number of guanidine groups is 1. The fourth-order valence-electron chi connectivity index (χ4n) is 2.96. The van der Waals surface area contributed by atoms with E-state index in [-0.39, 0.29) is 35.2 Å². The Morgan fingerprint density at radius 2 is 2.15 bits per heavy atom. The van der Waals surface area contributed by atoms with E-state index in [1.807, 2.05) is 23.0 Å². The minimum atomic E-state index is -0.170. The first-order valence-electron chi connectivity index (χ1n) is 8.97. The zero-order valence-corrected chi connectivity index (χ0v) is 17.4. The molecule has 3 rings (SSSR count). The molecule has 0 amide bonds. The number of benzene rings is 1. The number of aryl methyl sites for hydroxylation is 1. The first-order valence-corrected chi connectivity index (χ1v) is 8.97. The monoisotopic (exact) mass is 471 g/mol. The van der Waals surface area contributed by atoms with Crippen molar-refractivity contribution in [1.82, 2.24) is 20.4 Å². The van der Waals surface area contributed by atoms with Gasteiger partial charge in [-0.05, 0) is 49.9 Å². The summed E-state index contributed by atoms with van der Waals surface area (Å²) in [7, 11) is 0. The van der Waals surface area contributed by atoms with Crippen molar-refractivity contribution in [3.8, 4) is 0 Å². The maximum absolute atomic E-state index is 13.5. The van der Waals surface area contributed by atoms with Crippen LogP contribution < -0.4 is 10.6 Å². The summed E-state index contributed by atoms with van der Waals surface area (Å²) in [5, 5.41) is 10.9. The second-order valence-corrected chi connectivity index (χ2v) is 6.54. The number of nitrogens with one attached hydrogen (secondary N) is 2. The number of hydrogen-bond donors (Lipinski definition) is 2. The molecule has 26 heavy (non-hydrogen) atoms. The van der Waals surface area contributed by atoms with Crippen LogP contribution in [-0.2, 0) is 12.0 Å². The highest BCUT2D eigenvalue weighted by Crippen LogP contribution is 2.48. The van der Waals surface area contributed by atoms with Crippen LogP contribution in [0, 0.1) is 5.82 Å². The Labute approximate surface area is 171 Å². The highest BCUT2D eigenvalue weighted by atomic mass is 127. The lowest BCUT2D eigenvalue weighted by Crippen LogP contribution is -2.38. The van der Waals surface area contributed by atoms with Gasteiger partial charge in [0.25, 0.3) is 0 Å². The summed E-state index contributed by atoms with van der Waals surface area (Å²) < 4.78 is 15.4. The number of nitrogens with zero attached hydrogens (tertiary/aromatic N) is 3. The molecule has 1 aliphatic rings. The average Bonchev–Trinajstić information content (AvgIpc) is 3.23. The third-order valence-corrected chi connectivity index (χ3v) is 4.59. The third kappa shape index (κ3) is 5.69. The molecule has 142 valence electrons. The molecule has 7 heteroatoms. The number of halogens is 2. The minimum Gasteiger partial charge on any atom is -0.357 e.